The summed E-state index contributed by atoms with van der Waals surface area (Å²) in [6, 6.07) is -1.71. The van der Waals surface area contributed by atoms with Gasteiger partial charge in [-0.15, -0.1) is 0 Å². The number of ketones is 2. The number of Topliss-reactive ketones (excluding diaryl/α,β-unsaturated/α-hetero) is 2. The molecule has 20 heteroatoms. The van der Waals surface area contributed by atoms with E-state index in [-0.39, 0.29) is 134 Å². The Kier molecular flexibility index (Phi) is 39.7. The number of nitrogens with two attached hydrogens (primary N) is 1. The quantitative estimate of drug-likeness (QED) is 0.0425. The highest BCUT2D eigenvalue weighted by Gasteiger charge is 2.23. The van der Waals surface area contributed by atoms with Crippen molar-refractivity contribution in [2.45, 2.75) is 167 Å². The van der Waals surface area contributed by atoms with Gasteiger partial charge in [0.1, 0.15) is 25.0 Å². The predicted molar refractivity (Wildman–Crippen MR) is 260 cm³/mol. The normalized spacial score (nSPS) is 12.6. The van der Waals surface area contributed by atoms with E-state index in [1.165, 1.54) is 83.4 Å². The molecule has 0 spiro atoms. The Balaban J connectivity index is 1.93. The lowest BCUT2D eigenvalue weighted by molar-refractivity contribution is -0.144. The molecule has 0 aliphatic rings. The molecule has 0 unspecified atom stereocenters. The molecule has 0 bridgehead atoms. The van der Waals surface area contributed by atoms with Crippen molar-refractivity contribution in [1.82, 2.24) is 31.2 Å². The van der Waals surface area contributed by atoms with Gasteiger partial charge < -0.3 is 55.8 Å². The predicted octanol–water partition coefficient (Wildman–Crippen LogP) is 4.18. The van der Waals surface area contributed by atoms with Gasteiger partial charge in [-0.05, 0) is 32.1 Å². The van der Waals surface area contributed by atoms with E-state index >= 15 is 0 Å². The minimum atomic E-state index is -1.08. The number of carboxylic acid groups (broad SMARTS) is 2. The zero-order chi connectivity index (χ0) is 50.6. The fraction of sp³-hybridized carbons (Fsp3) is 0.796. The van der Waals surface area contributed by atoms with Gasteiger partial charge in [-0.2, -0.15) is 0 Å². The van der Waals surface area contributed by atoms with Crippen LogP contribution in [0.5, 0.6) is 0 Å². The van der Waals surface area contributed by atoms with Crippen molar-refractivity contribution in [2.75, 3.05) is 79.0 Å². The smallest absolute Gasteiger partial charge is 0.320 e. The Bertz CT molecular complexity index is 1520. The molecule has 9 N–H and O–H groups in total. The van der Waals surface area contributed by atoms with Gasteiger partial charge >= 0.3 is 11.9 Å². The van der Waals surface area contributed by atoms with E-state index < -0.39 is 29.9 Å². The number of imidazole rings is 1. The Hall–Kier alpha value is -4.34. The summed E-state index contributed by atoms with van der Waals surface area (Å²) in [5, 5.41) is 29.9. The van der Waals surface area contributed by atoms with Gasteiger partial charge in [0.15, 0.2) is 5.78 Å². The molecule has 0 saturated carbocycles. The molecule has 69 heavy (non-hydrogen) atoms. The van der Waals surface area contributed by atoms with Gasteiger partial charge in [0.2, 0.25) is 17.7 Å². The lowest BCUT2D eigenvalue weighted by Gasteiger charge is -2.16. The Morgan fingerprint density at radius 3 is 1.65 bits per heavy atom. The number of unbranched alkanes of at least 4 members (excludes halogenated alkanes) is 15. The van der Waals surface area contributed by atoms with Crippen molar-refractivity contribution in [3.05, 3.63) is 18.2 Å². The minimum absolute atomic E-state index is 0.000650. The van der Waals surface area contributed by atoms with Gasteiger partial charge in [-0.25, -0.2) is 4.98 Å². The molecule has 1 rings (SSSR count). The highest BCUT2D eigenvalue weighted by molar-refractivity contribution is 5.86. The second-order valence-corrected chi connectivity index (χ2v) is 17.5. The molecule has 3 amide bonds. The highest BCUT2D eigenvalue weighted by Crippen LogP contribution is 2.17. The van der Waals surface area contributed by atoms with Crippen LogP contribution >= 0.6 is 0 Å². The van der Waals surface area contributed by atoms with Crippen LogP contribution in [0.4, 0.5) is 0 Å². The van der Waals surface area contributed by atoms with E-state index in [0.717, 1.165) is 19.3 Å². The molecule has 396 valence electrons. The highest BCUT2D eigenvalue weighted by atomic mass is 16.5. The SMILES string of the molecule is CCCCCCCCCCCCCCCCCC(=O)C[C@@H](CCC(=O)NCCOCCOCC(=O)NCCOCCOCC(=O)NCCCC[C@H](NCC(=O)[C@@H](N)Cc1cnc[nH]1)C(=O)O)C(=O)O. The first-order chi connectivity index (χ1) is 33.4. The monoisotopic (exact) mass is 982 g/mol. The number of carbonyl (C=O) groups is 7. The third-order valence-corrected chi connectivity index (χ3v) is 11.4. The lowest BCUT2D eigenvalue weighted by Crippen LogP contribution is -2.45. The number of ether oxygens (including phenoxy) is 4. The first-order valence-electron chi connectivity index (χ1n) is 25.5. The molecule has 0 saturated heterocycles. The third-order valence-electron chi connectivity index (χ3n) is 11.4. The number of amides is 3. The number of hydrogen-bond donors (Lipinski definition) is 8. The largest absolute Gasteiger partial charge is 0.481 e. The van der Waals surface area contributed by atoms with Gasteiger partial charge in [0.25, 0.3) is 0 Å². The van der Waals surface area contributed by atoms with Gasteiger partial charge in [-0.3, -0.25) is 38.9 Å². The van der Waals surface area contributed by atoms with Crippen molar-refractivity contribution < 1.29 is 62.7 Å². The number of aromatic nitrogens is 2. The summed E-state index contributed by atoms with van der Waals surface area (Å²) in [7, 11) is 0. The summed E-state index contributed by atoms with van der Waals surface area (Å²) in [4.78, 5) is 91.1. The van der Waals surface area contributed by atoms with Crippen LogP contribution in [0.15, 0.2) is 12.5 Å². The second kappa shape index (κ2) is 43.7. The summed E-state index contributed by atoms with van der Waals surface area (Å²) >= 11 is 0. The minimum Gasteiger partial charge on any atom is -0.481 e. The van der Waals surface area contributed by atoms with Crippen molar-refractivity contribution >= 4 is 41.2 Å². The number of nitrogens with one attached hydrogen (secondary N) is 5. The lowest BCUT2D eigenvalue weighted by atomic mass is 9.94. The summed E-state index contributed by atoms with van der Waals surface area (Å²) in [6.45, 7) is 3.70. The summed E-state index contributed by atoms with van der Waals surface area (Å²) in [6.07, 6.45) is 23.7. The number of carboxylic acids is 2. The third kappa shape index (κ3) is 38.1. The number of aromatic amines is 1. The standard InChI is InChI=1S/C49H87N7O13/c1-2-3-4-5-6-7-8-9-10-11-12-13-14-15-16-19-41(57)32-39(48(62)63)21-22-45(59)53-24-26-66-28-31-69-37-47(61)54-25-27-67-29-30-68-36-46(60)52-23-18-17-20-43(49(64)65)55-35-44(58)42(50)33-40-34-51-38-56-40/h34,38-39,42-43,55H,2-33,35-37,50H2,1H3,(H,51,56)(H,52,60)(H,53,59)(H,54,61)(H,62,63)(H,64,65)/t39-,42+,43+/m1/s1. The molecule has 20 nitrogen and oxygen atoms in total. The Labute approximate surface area is 409 Å². The van der Waals surface area contributed by atoms with Crippen LogP contribution < -0.4 is 27.0 Å². The average molecular weight is 982 g/mol. The van der Waals surface area contributed by atoms with E-state index in [0.29, 0.717) is 31.5 Å². The number of rotatable bonds is 50. The molecule has 0 aromatic carbocycles. The molecule has 1 heterocycles. The number of hydrogen-bond acceptors (Lipinski definition) is 14. The van der Waals surface area contributed by atoms with E-state index in [4.69, 9.17) is 24.7 Å². The van der Waals surface area contributed by atoms with Crippen molar-refractivity contribution in [3.8, 4) is 0 Å². The molecule has 3 atom stereocenters. The van der Waals surface area contributed by atoms with Gasteiger partial charge in [-0.1, -0.05) is 96.8 Å². The number of nitrogens with zero attached hydrogens (tertiary/aromatic N) is 1. The van der Waals surface area contributed by atoms with E-state index in [1.807, 2.05) is 0 Å². The van der Waals surface area contributed by atoms with Crippen LogP contribution in [0.1, 0.15) is 154 Å². The zero-order valence-corrected chi connectivity index (χ0v) is 41.5. The van der Waals surface area contributed by atoms with Crippen molar-refractivity contribution in [1.29, 1.82) is 0 Å². The number of aliphatic carboxylic acids is 2. The van der Waals surface area contributed by atoms with E-state index in [2.05, 4.69) is 38.2 Å². The van der Waals surface area contributed by atoms with Crippen LogP contribution in [0.25, 0.3) is 0 Å². The zero-order valence-electron chi connectivity index (χ0n) is 41.5. The molecular formula is C49H87N7O13. The van der Waals surface area contributed by atoms with Crippen LogP contribution in [-0.4, -0.2) is 153 Å². The summed E-state index contributed by atoms with van der Waals surface area (Å²) in [5.41, 5.74) is 6.62. The second-order valence-electron chi connectivity index (χ2n) is 17.5. The average Bonchev–Trinajstić information content (AvgIpc) is 3.84. The van der Waals surface area contributed by atoms with Gasteiger partial charge in [0, 0.05) is 57.2 Å². The van der Waals surface area contributed by atoms with Crippen LogP contribution in [0.2, 0.25) is 0 Å². The first kappa shape index (κ1) is 62.7. The maximum atomic E-state index is 12.5. The molecular weight excluding hydrogens is 895 g/mol. The maximum absolute atomic E-state index is 12.5. The van der Waals surface area contributed by atoms with E-state index in [9.17, 15) is 43.8 Å². The summed E-state index contributed by atoms with van der Waals surface area (Å²) < 4.78 is 21.4. The fourth-order valence-corrected chi connectivity index (χ4v) is 7.29. The van der Waals surface area contributed by atoms with Gasteiger partial charge in [0.05, 0.1) is 64.5 Å². The number of carbonyl (C=O) groups excluding carboxylic acids is 5. The topological polar surface area (TPSA) is 300 Å². The van der Waals surface area contributed by atoms with Crippen LogP contribution in [0, 0.1) is 5.92 Å². The Morgan fingerprint density at radius 2 is 1.13 bits per heavy atom. The molecule has 0 aliphatic carbocycles. The molecule has 0 radical (unpaired) electrons. The van der Waals surface area contributed by atoms with Crippen LogP contribution in [0.3, 0.4) is 0 Å². The molecule has 0 aliphatic heterocycles. The van der Waals surface area contributed by atoms with Crippen molar-refractivity contribution in [2.24, 2.45) is 11.7 Å². The summed E-state index contributed by atoms with van der Waals surface area (Å²) in [5.74, 6) is -4.37. The Morgan fingerprint density at radius 1 is 0.609 bits per heavy atom. The maximum Gasteiger partial charge on any atom is 0.320 e. The molecule has 1 aromatic heterocycles. The number of H-pyrrole nitrogens is 1. The van der Waals surface area contributed by atoms with Crippen molar-refractivity contribution in [3.63, 3.8) is 0 Å². The van der Waals surface area contributed by atoms with E-state index in [1.54, 1.807) is 6.20 Å². The fourth-order valence-electron chi connectivity index (χ4n) is 7.29. The molecule has 0 fully saturated rings. The molecule has 1 aromatic rings. The van der Waals surface area contributed by atoms with Crippen LogP contribution in [-0.2, 0) is 58.9 Å². The first-order valence-corrected chi connectivity index (χ1v) is 25.5.